The van der Waals surface area contributed by atoms with Crippen molar-refractivity contribution in [2.24, 2.45) is 0 Å². The van der Waals surface area contributed by atoms with Crippen molar-refractivity contribution in [2.45, 2.75) is 25.7 Å². The Morgan fingerprint density at radius 1 is 0.640 bits per heavy atom. The van der Waals surface area contributed by atoms with Gasteiger partial charge in [-0.25, -0.2) is 0 Å². The monoisotopic (exact) mass is 362 g/mol. The molecule has 0 fully saturated rings. The topological polar surface area (TPSA) is 75.6 Å². The summed E-state index contributed by atoms with van der Waals surface area (Å²) in [6.07, 6.45) is 6.89. The van der Waals surface area contributed by atoms with Gasteiger partial charge in [-0.3, -0.25) is 0 Å². The van der Waals surface area contributed by atoms with E-state index in [-0.39, 0.29) is 6.61 Å². The maximum atomic E-state index is 8.52. The van der Waals surface area contributed by atoms with E-state index in [4.69, 9.17) is 33.5 Å². The molecule has 25 heavy (non-hydrogen) atoms. The van der Waals surface area contributed by atoms with Crippen LogP contribution in [0.5, 0.6) is 0 Å². The minimum atomic E-state index is 0.0419. The van der Waals surface area contributed by atoms with Crippen molar-refractivity contribution in [3.8, 4) is 0 Å². The Labute approximate surface area is 151 Å². The van der Waals surface area contributed by atoms with Gasteiger partial charge in [0.2, 0.25) is 0 Å². The van der Waals surface area contributed by atoms with Crippen LogP contribution in [0.4, 0.5) is 0 Å². The number of allylic oxidation sites excluding steroid dienone is 2. The highest BCUT2D eigenvalue weighted by molar-refractivity contribution is 4.96. The first-order valence-electron chi connectivity index (χ1n) is 9.25. The third-order valence-electron chi connectivity index (χ3n) is 3.49. The predicted molar refractivity (Wildman–Crippen MR) is 93.7 cm³/mol. The SMILES string of the molecule is OCCOCCOCCOCCOCCOCCOC1=CCCCC1. The molecule has 148 valence electrons. The molecule has 1 aliphatic rings. The van der Waals surface area contributed by atoms with E-state index < -0.39 is 0 Å². The number of hydrogen-bond acceptors (Lipinski definition) is 7. The maximum Gasteiger partial charge on any atom is 0.111 e. The average molecular weight is 362 g/mol. The molecule has 1 aliphatic carbocycles. The molecular weight excluding hydrogens is 328 g/mol. The van der Waals surface area contributed by atoms with E-state index in [0.29, 0.717) is 72.7 Å². The van der Waals surface area contributed by atoms with E-state index in [1.807, 2.05) is 0 Å². The Morgan fingerprint density at radius 3 is 1.56 bits per heavy atom. The van der Waals surface area contributed by atoms with E-state index in [1.165, 1.54) is 12.8 Å². The lowest BCUT2D eigenvalue weighted by atomic mass is 10.1. The fraction of sp³-hybridized carbons (Fsp3) is 0.889. The summed E-state index contributed by atoms with van der Waals surface area (Å²) in [5.74, 6) is 1.12. The molecule has 0 aromatic heterocycles. The summed E-state index contributed by atoms with van der Waals surface area (Å²) < 4.78 is 32.3. The molecule has 0 unspecified atom stereocenters. The number of rotatable bonds is 18. The van der Waals surface area contributed by atoms with Gasteiger partial charge >= 0.3 is 0 Å². The van der Waals surface area contributed by atoms with E-state index in [1.54, 1.807) is 0 Å². The Morgan fingerprint density at radius 2 is 1.12 bits per heavy atom. The second kappa shape index (κ2) is 18.1. The normalized spacial score (nSPS) is 14.5. The molecule has 0 amide bonds. The maximum absolute atomic E-state index is 8.52. The van der Waals surface area contributed by atoms with E-state index in [2.05, 4.69) is 6.08 Å². The Bertz CT molecular complexity index is 310. The first kappa shape index (κ1) is 22.3. The molecule has 1 N–H and O–H groups in total. The van der Waals surface area contributed by atoms with Gasteiger partial charge in [0.25, 0.3) is 0 Å². The molecule has 0 heterocycles. The van der Waals surface area contributed by atoms with Crippen LogP contribution in [-0.2, 0) is 28.4 Å². The highest BCUT2D eigenvalue weighted by Gasteiger charge is 2.03. The Kier molecular flexibility index (Phi) is 16.2. The van der Waals surface area contributed by atoms with Crippen LogP contribution in [-0.4, -0.2) is 84.4 Å². The van der Waals surface area contributed by atoms with Gasteiger partial charge in [-0.15, -0.1) is 0 Å². The molecule has 0 aromatic carbocycles. The summed E-state index contributed by atoms with van der Waals surface area (Å²) in [5.41, 5.74) is 0. The third-order valence-corrected chi connectivity index (χ3v) is 3.49. The van der Waals surface area contributed by atoms with E-state index >= 15 is 0 Å². The van der Waals surface area contributed by atoms with Crippen LogP contribution in [0.15, 0.2) is 11.8 Å². The van der Waals surface area contributed by atoms with Gasteiger partial charge in [-0.05, 0) is 25.3 Å². The van der Waals surface area contributed by atoms with Crippen LogP contribution < -0.4 is 0 Å². The minimum Gasteiger partial charge on any atom is -0.496 e. The van der Waals surface area contributed by atoms with Gasteiger partial charge in [0.05, 0.1) is 78.4 Å². The highest BCUT2D eigenvalue weighted by atomic mass is 16.6. The second-order valence-electron chi connectivity index (χ2n) is 5.55. The minimum absolute atomic E-state index is 0.0419. The average Bonchev–Trinajstić information content (AvgIpc) is 2.65. The van der Waals surface area contributed by atoms with Crippen molar-refractivity contribution in [3.63, 3.8) is 0 Å². The van der Waals surface area contributed by atoms with Gasteiger partial charge in [0.1, 0.15) is 6.61 Å². The summed E-state index contributed by atoms with van der Waals surface area (Å²) in [5, 5.41) is 8.52. The molecule has 0 bridgehead atoms. The highest BCUT2D eigenvalue weighted by Crippen LogP contribution is 2.17. The quantitative estimate of drug-likeness (QED) is 0.371. The first-order valence-corrected chi connectivity index (χ1v) is 9.25. The Hall–Kier alpha value is -0.700. The van der Waals surface area contributed by atoms with E-state index in [0.717, 1.165) is 18.6 Å². The molecule has 7 heteroatoms. The largest absolute Gasteiger partial charge is 0.496 e. The summed E-state index contributed by atoms with van der Waals surface area (Å²) in [6.45, 7) is 5.89. The van der Waals surface area contributed by atoms with Crippen LogP contribution in [0.25, 0.3) is 0 Å². The lowest BCUT2D eigenvalue weighted by Crippen LogP contribution is -2.14. The molecule has 1 rings (SSSR count). The predicted octanol–water partition coefficient (Wildman–Crippen LogP) is 1.54. The van der Waals surface area contributed by atoms with Crippen molar-refractivity contribution in [3.05, 3.63) is 11.8 Å². The number of hydrogen-bond donors (Lipinski definition) is 1. The molecule has 0 radical (unpaired) electrons. The molecule has 7 nitrogen and oxygen atoms in total. The summed E-state index contributed by atoms with van der Waals surface area (Å²) >= 11 is 0. The van der Waals surface area contributed by atoms with Gasteiger partial charge in [-0.1, -0.05) is 0 Å². The fourth-order valence-electron chi connectivity index (χ4n) is 2.22. The van der Waals surface area contributed by atoms with Gasteiger partial charge in [0, 0.05) is 6.42 Å². The molecule has 0 aromatic rings. The first-order chi connectivity index (χ1) is 12.4. The van der Waals surface area contributed by atoms with Gasteiger partial charge in [0.15, 0.2) is 0 Å². The lowest BCUT2D eigenvalue weighted by molar-refractivity contribution is -0.0162. The zero-order valence-electron chi connectivity index (χ0n) is 15.3. The summed E-state index contributed by atoms with van der Waals surface area (Å²) in [4.78, 5) is 0. The summed E-state index contributed by atoms with van der Waals surface area (Å²) in [6, 6.07) is 0. The van der Waals surface area contributed by atoms with Crippen molar-refractivity contribution in [1.29, 1.82) is 0 Å². The van der Waals surface area contributed by atoms with Crippen LogP contribution in [0.2, 0.25) is 0 Å². The molecule has 0 spiro atoms. The molecule has 0 atom stereocenters. The molecular formula is C18H34O7. The van der Waals surface area contributed by atoms with Crippen LogP contribution >= 0.6 is 0 Å². The third kappa shape index (κ3) is 15.3. The van der Waals surface area contributed by atoms with Gasteiger partial charge < -0.3 is 33.5 Å². The fourth-order valence-corrected chi connectivity index (χ4v) is 2.22. The molecule has 0 aliphatic heterocycles. The van der Waals surface area contributed by atoms with Crippen LogP contribution in [0, 0.1) is 0 Å². The standard InChI is InChI=1S/C18H34O7/c19-6-7-20-8-9-21-10-11-22-12-13-23-14-15-24-16-17-25-18-4-2-1-3-5-18/h4,19H,1-3,5-17H2. The van der Waals surface area contributed by atoms with Crippen LogP contribution in [0.1, 0.15) is 25.7 Å². The Balaban J connectivity index is 1.67. The number of aliphatic hydroxyl groups excluding tert-OH is 1. The molecule has 0 saturated heterocycles. The summed E-state index contributed by atoms with van der Waals surface area (Å²) in [7, 11) is 0. The van der Waals surface area contributed by atoms with Crippen molar-refractivity contribution >= 4 is 0 Å². The smallest absolute Gasteiger partial charge is 0.111 e. The van der Waals surface area contributed by atoms with Crippen molar-refractivity contribution < 1.29 is 33.5 Å². The van der Waals surface area contributed by atoms with E-state index in [9.17, 15) is 0 Å². The van der Waals surface area contributed by atoms with Crippen molar-refractivity contribution in [1.82, 2.24) is 0 Å². The lowest BCUT2D eigenvalue weighted by Gasteiger charge is -2.14. The zero-order valence-corrected chi connectivity index (χ0v) is 15.3. The molecule has 0 saturated carbocycles. The van der Waals surface area contributed by atoms with Gasteiger partial charge in [-0.2, -0.15) is 0 Å². The van der Waals surface area contributed by atoms with Crippen LogP contribution in [0.3, 0.4) is 0 Å². The number of aliphatic hydroxyl groups is 1. The zero-order chi connectivity index (χ0) is 17.8. The second-order valence-corrected chi connectivity index (χ2v) is 5.55. The number of ether oxygens (including phenoxy) is 6. The van der Waals surface area contributed by atoms with Crippen molar-refractivity contribution in [2.75, 3.05) is 79.3 Å².